The predicted molar refractivity (Wildman–Crippen MR) is 71.4 cm³/mol. The third kappa shape index (κ3) is 4.07. The number of hydrogen-bond acceptors (Lipinski definition) is 3. The van der Waals surface area contributed by atoms with Crippen LogP contribution in [0.2, 0.25) is 0 Å². The first-order valence-corrected chi connectivity index (χ1v) is 5.83. The molecule has 3 N–H and O–H groups in total. The number of carbonyl (C=O) groups is 1. The number of rotatable bonds is 5. The first-order chi connectivity index (χ1) is 8.04. The van der Waals surface area contributed by atoms with Gasteiger partial charge in [-0.15, -0.1) is 0 Å². The molecule has 0 radical (unpaired) electrons. The van der Waals surface area contributed by atoms with Gasteiger partial charge in [0, 0.05) is 31.4 Å². The second-order valence-electron chi connectivity index (χ2n) is 4.40. The lowest BCUT2D eigenvalue weighted by molar-refractivity contribution is 0.0939. The molecule has 1 aromatic rings. The Kier molecular flexibility index (Phi) is 4.97. The van der Waals surface area contributed by atoms with E-state index in [4.69, 9.17) is 5.73 Å². The third-order valence-electron chi connectivity index (χ3n) is 2.60. The van der Waals surface area contributed by atoms with Crippen LogP contribution in [0.15, 0.2) is 24.3 Å². The topological polar surface area (TPSA) is 58.4 Å². The molecule has 0 aliphatic heterocycles. The molecular weight excluding hydrogens is 214 g/mol. The Balaban J connectivity index is 2.72. The molecule has 4 heteroatoms. The van der Waals surface area contributed by atoms with Gasteiger partial charge in [0.2, 0.25) is 0 Å². The highest BCUT2D eigenvalue weighted by atomic mass is 16.1. The van der Waals surface area contributed by atoms with Crippen LogP contribution in [-0.4, -0.2) is 32.6 Å². The molecule has 1 aromatic carbocycles. The molecular formula is C13H21N3O. The second kappa shape index (κ2) is 6.25. The fourth-order valence-electron chi connectivity index (χ4n) is 1.55. The summed E-state index contributed by atoms with van der Waals surface area (Å²) in [6, 6.07) is 7.66. The van der Waals surface area contributed by atoms with Crippen molar-refractivity contribution >= 4 is 11.6 Å². The summed E-state index contributed by atoms with van der Waals surface area (Å²) in [4.78, 5) is 13.9. The van der Waals surface area contributed by atoms with Crippen LogP contribution in [0.1, 0.15) is 23.7 Å². The molecule has 0 saturated carbocycles. The van der Waals surface area contributed by atoms with Crippen molar-refractivity contribution in [2.75, 3.05) is 25.5 Å². The fraction of sp³-hybridized carbons (Fsp3) is 0.462. The van der Waals surface area contributed by atoms with E-state index in [9.17, 15) is 4.79 Å². The van der Waals surface area contributed by atoms with Crippen LogP contribution >= 0.6 is 0 Å². The van der Waals surface area contributed by atoms with Gasteiger partial charge >= 0.3 is 0 Å². The average molecular weight is 235 g/mol. The van der Waals surface area contributed by atoms with Gasteiger partial charge in [0.15, 0.2) is 0 Å². The number of benzene rings is 1. The van der Waals surface area contributed by atoms with Crippen molar-refractivity contribution in [2.45, 2.75) is 19.4 Å². The van der Waals surface area contributed by atoms with E-state index in [0.29, 0.717) is 12.1 Å². The van der Waals surface area contributed by atoms with E-state index in [-0.39, 0.29) is 11.9 Å². The Bertz CT molecular complexity index is 377. The molecule has 0 saturated heterocycles. The molecule has 0 spiro atoms. The van der Waals surface area contributed by atoms with Crippen molar-refractivity contribution < 1.29 is 4.79 Å². The highest BCUT2D eigenvalue weighted by molar-refractivity contribution is 5.95. The lowest BCUT2D eigenvalue weighted by Crippen LogP contribution is -2.34. The van der Waals surface area contributed by atoms with Crippen LogP contribution in [0.25, 0.3) is 0 Å². The van der Waals surface area contributed by atoms with E-state index in [0.717, 1.165) is 12.1 Å². The standard InChI is InChI=1S/C13H21N3O/c1-10(7-8-14)15-13(17)11-5-4-6-12(9-11)16(2)3/h4-6,9-10H,7-8,14H2,1-3H3,(H,15,17). The minimum absolute atomic E-state index is 0.0466. The maximum Gasteiger partial charge on any atom is 0.251 e. The first kappa shape index (κ1) is 13.5. The number of carbonyl (C=O) groups excluding carboxylic acids is 1. The zero-order valence-corrected chi connectivity index (χ0v) is 10.7. The van der Waals surface area contributed by atoms with Crippen LogP contribution in [0.5, 0.6) is 0 Å². The fourth-order valence-corrected chi connectivity index (χ4v) is 1.55. The molecule has 4 nitrogen and oxygen atoms in total. The van der Waals surface area contributed by atoms with Crippen molar-refractivity contribution in [3.8, 4) is 0 Å². The van der Waals surface area contributed by atoms with E-state index in [2.05, 4.69) is 5.32 Å². The SMILES string of the molecule is CC(CCN)NC(=O)c1cccc(N(C)C)c1. The van der Waals surface area contributed by atoms with Gasteiger partial charge in [-0.1, -0.05) is 6.07 Å². The summed E-state index contributed by atoms with van der Waals surface area (Å²) in [5.74, 6) is -0.0466. The zero-order chi connectivity index (χ0) is 12.8. The molecule has 0 bridgehead atoms. The van der Waals surface area contributed by atoms with Gasteiger partial charge in [-0.2, -0.15) is 0 Å². The van der Waals surface area contributed by atoms with Gasteiger partial charge in [-0.3, -0.25) is 4.79 Å². The van der Waals surface area contributed by atoms with E-state index in [1.165, 1.54) is 0 Å². The van der Waals surface area contributed by atoms with Crippen LogP contribution in [-0.2, 0) is 0 Å². The van der Waals surface area contributed by atoms with Gasteiger partial charge in [0.05, 0.1) is 0 Å². The number of hydrogen-bond donors (Lipinski definition) is 2. The molecule has 94 valence electrons. The summed E-state index contributed by atoms with van der Waals surface area (Å²) in [5, 5.41) is 2.93. The normalized spacial score (nSPS) is 12.0. The van der Waals surface area contributed by atoms with Crippen molar-refractivity contribution in [3.63, 3.8) is 0 Å². The van der Waals surface area contributed by atoms with E-state index < -0.39 is 0 Å². The number of anilines is 1. The predicted octanol–water partition coefficient (Wildman–Crippen LogP) is 1.22. The van der Waals surface area contributed by atoms with Gasteiger partial charge < -0.3 is 16.0 Å². The van der Waals surface area contributed by atoms with Crippen LogP contribution in [0.3, 0.4) is 0 Å². The minimum Gasteiger partial charge on any atom is -0.378 e. The number of nitrogens with zero attached hydrogens (tertiary/aromatic N) is 1. The van der Waals surface area contributed by atoms with E-state index >= 15 is 0 Å². The molecule has 1 amide bonds. The Morgan fingerprint density at radius 3 is 2.76 bits per heavy atom. The lowest BCUT2D eigenvalue weighted by atomic mass is 10.1. The number of nitrogens with two attached hydrogens (primary N) is 1. The van der Waals surface area contributed by atoms with Crippen LogP contribution < -0.4 is 16.0 Å². The zero-order valence-electron chi connectivity index (χ0n) is 10.7. The third-order valence-corrected chi connectivity index (χ3v) is 2.60. The molecule has 1 atom stereocenters. The van der Waals surface area contributed by atoms with Crippen LogP contribution in [0, 0.1) is 0 Å². The highest BCUT2D eigenvalue weighted by Gasteiger charge is 2.09. The lowest BCUT2D eigenvalue weighted by Gasteiger charge is -2.15. The summed E-state index contributed by atoms with van der Waals surface area (Å²) in [6.45, 7) is 2.54. The second-order valence-corrected chi connectivity index (χ2v) is 4.40. The first-order valence-electron chi connectivity index (χ1n) is 5.83. The molecule has 1 rings (SSSR count). The molecule has 0 fully saturated rings. The summed E-state index contributed by atoms with van der Waals surface area (Å²) in [5.41, 5.74) is 7.15. The Morgan fingerprint density at radius 1 is 1.47 bits per heavy atom. The minimum atomic E-state index is -0.0466. The van der Waals surface area contributed by atoms with Gasteiger partial charge in [-0.25, -0.2) is 0 Å². The average Bonchev–Trinajstić information content (AvgIpc) is 2.29. The molecule has 1 unspecified atom stereocenters. The van der Waals surface area contributed by atoms with Gasteiger partial charge in [-0.05, 0) is 38.1 Å². The monoisotopic (exact) mass is 235 g/mol. The Labute approximate surface area is 103 Å². The largest absolute Gasteiger partial charge is 0.378 e. The van der Waals surface area contributed by atoms with Gasteiger partial charge in [0.25, 0.3) is 5.91 Å². The number of nitrogens with one attached hydrogen (secondary N) is 1. The maximum atomic E-state index is 11.9. The summed E-state index contributed by atoms with van der Waals surface area (Å²) in [7, 11) is 3.90. The van der Waals surface area contributed by atoms with Crippen molar-refractivity contribution in [3.05, 3.63) is 29.8 Å². The van der Waals surface area contributed by atoms with Gasteiger partial charge in [0.1, 0.15) is 0 Å². The number of amides is 1. The molecule has 17 heavy (non-hydrogen) atoms. The smallest absolute Gasteiger partial charge is 0.251 e. The van der Waals surface area contributed by atoms with Crippen molar-refractivity contribution in [1.29, 1.82) is 0 Å². The quantitative estimate of drug-likeness (QED) is 0.806. The maximum absolute atomic E-state index is 11.9. The molecule has 0 aliphatic rings. The van der Waals surface area contributed by atoms with E-state index in [1.54, 1.807) is 0 Å². The van der Waals surface area contributed by atoms with Crippen molar-refractivity contribution in [1.82, 2.24) is 5.32 Å². The van der Waals surface area contributed by atoms with Crippen molar-refractivity contribution in [2.24, 2.45) is 5.73 Å². The van der Waals surface area contributed by atoms with Crippen LogP contribution in [0.4, 0.5) is 5.69 Å². The highest BCUT2D eigenvalue weighted by Crippen LogP contribution is 2.13. The molecule has 0 aromatic heterocycles. The summed E-state index contributed by atoms with van der Waals surface area (Å²) >= 11 is 0. The molecule has 0 aliphatic carbocycles. The van der Waals surface area contributed by atoms with E-state index in [1.807, 2.05) is 50.2 Å². The molecule has 0 heterocycles. The summed E-state index contributed by atoms with van der Waals surface area (Å²) in [6.07, 6.45) is 0.791. The Morgan fingerprint density at radius 2 is 2.18 bits per heavy atom. The Hall–Kier alpha value is -1.55. The summed E-state index contributed by atoms with van der Waals surface area (Å²) < 4.78 is 0.